The van der Waals surface area contributed by atoms with Gasteiger partial charge < -0.3 is 10.2 Å². The second kappa shape index (κ2) is 5.54. The average molecular weight is 273 g/mol. The number of rotatable bonds is 3. The van der Waals surface area contributed by atoms with Crippen LogP contribution in [-0.2, 0) is 6.42 Å². The number of hydrogen-bond acceptors (Lipinski definition) is 3. The molecule has 0 fully saturated rings. The fraction of sp³-hybridized carbons (Fsp3) is 0.500. The van der Waals surface area contributed by atoms with Crippen LogP contribution in [0.4, 0.5) is 10.5 Å². The third-order valence-corrected chi connectivity index (χ3v) is 2.77. The standard InChI is InChI=1S/C12H17ClN2O3/c1-12(2,3)15(11(17)18)9-4-6-14-10(13)8(9)5-7-16/h4,6,16H,5,7H2,1-3H3,(H,17,18). The van der Waals surface area contributed by atoms with Crippen molar-refractivity contribution < 1.29 is 15.0 Å². The molecule has 1 aromatic rings. The van der Waals surface area contributed by atoms with Crippen LogP contribution in [0.2, 0.25) is 5.15 Å². The van der Waals surface area contributed by atoms with Crippen molar-refractivity contribution in [2.75, 3.05) is 11.5 Å². The van der Waals surface area contributed by atoms with Gasteiger partial charge in [-0.2, -0.15) is 0 Å². The van der Waals surface area contributed by atoms with Crippen LogP contribution < -0.4 is 4.90 Å². The molecule has 0 unspecified atom stereocenters. The maximum Gasteiger partial charge on any atom is 0.412 e. The van der Waals surface area contributed by atoms with Crippen LogP contribution in [-0.4, -0.2) is 33.4 Å². The van der Waals surface area contributed by atoms with E-state index < -0.39 is 11.6 Å². The first-order valence-electron chi connectivity index (χ1n) is 5.56. The summed E-state index contributed by atoms with van der Waals surface area (Å²) in [5.41, 5.74) is 0.392. The summed E-state index contributed by atoms with van der Waals surface area (Å²) in [6, 6.07) is 1.59. The predicted octanol–water partition coefficient (Wildman–Crippen LogP) is 2.55. The average Bonchev–Trinajstić information content (AvgIpc) is 2.20. The molecule has 0 atom stereocenters. The summed E-state index contributed by atoms with van der Waals surface area (Å²) in [6.45, 7) is 5.25. The van der Waals surface area contributed by atoms with E-state index in [-0.39, 0.29) is 18.2 Å². The van der Waals surface area contributed by atoms with Gasteiger partial charge in [-0.3, -0.25) is 4.90 Å². The van der Waals surface area contributed by atoms with Crippen molar-refractivity contribution in [1.82, 2.24) is 4.98 Å². The third-order valence-electron chi connectivity index (χ3n) is 2.44. The number of amides is 1. The molecule has 2 N–H and O–H groups in total. The Bertz CT molecular complexity index is 443. The SMILES string of the molecule is CC(C)(C)N(C(=O)O)c1ccnc(Cl)c1CCO. The molecule has 0 saturated carbocycles. The van der Waals surface area contributed by atoms with E-state index in [2.05, 4.69) is 4.98 Å². The number of carbonyl (C=O) groups is 1. The number of aromatic nitrogens is 1. The molecule has 100 valence electrons. The van der Waals surface area contributed by atoms with E-state index in [9.17, 15) is 9.90 Å². The zero-order chi connectivity index (χ0) is 13.9. The van der Waals surface area contributed by atoms with Crippen molar-refractivity contribution in [2.24, 2.45) is 0 Å². The van der Waals surface area contributed by atoms with Crippen LogP contribution in [0.3, 0.4) is 0 Å². The van der Waals surface area contributed by atoms with Crippen LogP contribution in [0.15, 0.2) is 12.3 Å². The molecule has 1 heterocycles. The predicted molar refractivity (Wildman–Crippen MR) is 70.3 cm³/mol. The van der Waals surface area contributed by atoms with Gasteiger partial charge in [-0.1, -0.05) is 11.6 Å². The molecule has 0 radical (unpaired) electrons. The van der Waals surface area contributed by atoms with Gasteiger partial charge in [0.25, 0.3) is 0 Å². The highest BCUT2D eigenvalue weighted by atomic mass is 35.5. The van der Waals surface area contributed by atoms with E-state index in [1.54, 1.807) is 26.8 Å². The molecule has 0 aliphatic heterocycles. The molecular weight excluding hydrogens is 256 g/mol. The molecule has 5 nitrogen and oxygen atoms in total. The van der Waals surface area contributed by atoms with Crippen molar-refractivity contribution in [2.45, 2.75) is 32.7 Å². The van der Waals surface area contributed by atoms with E-state index in [1.165, 1.54) is 11.1 Å². The lowest BCUT2D eigenvalue weighted by molar-refractivity contribution is 0.195. The molecule has 1 rings (SSSR count). The fourth-order valence-corrected chi connectivity index (χ4v) is 2.01. The van der Waals surface area contributed by atoms with Gasteiger partial charge in [0.1, 0.15) is 5.15 Å². The quantitative estimate of drug-likeness (QED) is 0.830. The molecule has 0 aliphatic carbocycles. The lowest BCUT2D eigenvalue weighted by Gasteiger charge is -2.34. The fourth-order valence-electron chi connectivity index (χ4n) is 1.76. The Balaban J connectivity index is 3.37. The number of hydrogen-bond donors (Lipinski definition) is 2. The smallest absolute Gasteiger partial charge is 0.412 e. The topological polar surface area (TPSA) is 73.7 Å². The highest BCUT2D eigenvalue weighted by Crippen LogP contribution is 2.31. The Morgan fingerprint density at radius 1 is 1.50 bits per heavy atom. The molecule has 1 amide bonds. The van der Waals surface area contributed by atoms with Gasteiger partial charge in [-0.05, 0) is 26.8 Å². The van der Waals surface area contributed by atoms with Crippen molar-refractivity contribution in [3.63, 3.8) is 0 Å². The Hall–Kier alpha value is -1.33. The Kier molecular flexibility index (Phi) is 4.53. The first-order chi connectivity index (χ1) is 8.29. The van der Waals surface area contributed by atoms with E-state index in [1.807, 2.05) is 0 Å². The van der Waals surface area contributed by atoms with Gasteiger partial charge >= 0.3 is 6.09 Å². The lowest BCUT2D eigenvalue weighted by Crippen LogP contribution is -2.45. The number of carboxylic acid groups (broad SMARTS) is 1. The third kappa shape index (κ3) is 3.11. The van der Waals surface area contributed by atoms with Gasteiger partial charge in [0.15, 0.2) is 0 Å². The minimum atomic E-state index is -1.07. The van der Waals surface area contributed by atoms with Crippen molar-refractivity contribution >= 4 is 23.4 Å². The first-order valence-corrected chi connectivity index (χ1v) is 5.94. The summed E-state index contributed by atoms with van der Waals surface area (Å²) in [6.07, 6.45) is 0.659. The van der Waals surface area contributed by atoms with Gasteiger partial charge in [0.2, 0.25) is 0 Å². The van der Waals surface area contributed by atoms with Crippen molar-refractivity contribution in [1.29, 1.82) is 0 Å². The molecule has 0 spiro atoms. The molecule has 0 aliphatic rings. The Morgan fingerprint density at radius 3 is 2.56 bits per heavy atom. The van der Waals surface area contributed by atoms with Crippen molar-refractivity contribution in [3.05, 3.63) is 23.0 Å². The number of pyridine rings is 1. The number of aliphatic hydroxyl groups is 1. The lowest BCUT2D eigenvalue weighted by atomic mass is 10.0. The second-order valence-corrected chi connectivity index (χ2v) is 5.22. The van der Waals surface area contributed by atoms with E-state index >= 15 is 0 Å². The number of nitrogens with zero attached hydrogens (tertiary/aromatic N) is 2. The molecule has 6 heteroatoms. The largest absolute Gasteiger partial charge is 0.465 e. The first kappa shape index (κ1) is 14.7. The zero-order valence-electron chi connectivity index (χ0n) is 10.6. The monoisotopic (exact) mass is 272 g/mol. The van der Waals surface area contributed by atoms with Gasteiger partial charge in [-0.15, -0.1) is 0 Å². The van der Waals surface area contributed by atoms with Crippen LogP contribution in [0.25, 0.3) is 0 Å². The van der Waals surface area contributed by atoms with Crippen LogP contribution in [0, 0.1) is 0 Å². The number of anilines is 1. The summed E-state index contributed by atoms with van der Waals surface area (Å²) >= 11 is 5.97. The molecule has 1 aromatic heterocycles. The molecule has 0 saturated heterocycles. The minimum absolute atomic E-state index is 0.115. The summed E-state index contributed by atoms with van der Waals surface area (Å²) in [5, 5.41) is 18.6. The number of aliphatic hydroxyl groups excluding tert-OH is 1. The highest BCUT2D eigenvalue weighted by Gasteiger charge is 2.30. The Morgan fingerprint density at radius 2 is 2.11 bits per heavy atom. The van der Waals surface area contributed by atoms with Gasteiger partial charge in [0.05, 0.1) is 5.69 Å². The van der Waals surface area contributed by atoms with Crippen LogP contribution in [0.5, 0.6) is 0 Å². The molecule has 0 bridgehead atoms. The van der Waals surface area contributed by atoms with E-state index in [4.69, 9.17) is 16.7 Å². The zero-order valence-corrected chi connectivity index (χ0v) is 11.4. The van der Waals surface area contributed by atoms with Crippen molar-refractivity contribution in [3.8, 4) is 0 Å². The van der Waals surface area contributed by atoms with E-state index in [0.717, 1.165) is 0 Å². The molecule has 18 heavy (non-hydrogen) atoms. The molecular formula is C12H17ClN2O3. The maximum absolute atomic E-state index is 11.4. The maximum atomic E-state index is 11.4. The summed E-state index contributed by atoms with van der Waals surface area (Å²) in [4.78, 5) is 16.6. The Labute approximate surface area is 111 Å². The normalized spacial score (nSPS) is 11.4. The van der Waals surface area contributed by atoms with Crippen LogP contribution >= 0.6 is 11.6 Å². The summed E-state index contributed by atoms with van der Waals surface area (Å²) in [5.74, 6) is 0. The summed E-state index contributed by atoms with van der Waals surface area (Å²) in [7, 11) is 0. The van der Waals surface area contributed by atoms with Crippen LogP contribution in [0.1, 0.15) is 26.3 Å². The highest BCUT2D eigenvalue weighted by molar-refractivity contribution is 6.30. The van der Waals surface area contributed by atoms with Gasteiger partial charge in [0, 0.05) is 30.3 Å². The minimum Gasteiger partial charge on any atom is -0.465 e. The summed E-state index contributed by atoms with van der Waals surface area (Å²) < 4.78 is 0. The number of halogens is 1. The van der Waals surface area contributed by atoms with E-state index in [0.29, 0.717) is 11.3 Å². The van der Waals surface area contributed by atoms with Gasteiger partial charge in [-0.25, -0.2) is 9.78 Å². The second-order valence-electron chi connectivity index (χ2n) is 4.86. The molecule has 0 aromatic carbocycles.